The Morgan fingerprint density at radius 1 is 1.40 bits per heavy atom. The van der Waals surface area contributed by atoms with Crippen LogP contribution in [0.3, 0.4) is 0 Å². The van der Waals surface area contributed by atoms with Crippen LogP contribution in [0.15, 0.2) is 18.7 Å². The van der Waals surface area contributed by atoms with E-state index in [0.29, 0.717) is 18.9 Å². The molecule has 0 spiro atoms. The summed E-state index contributed by atoms with van der Waals surface area (Å²) >= 11 is 0. The molecule has 8 heteroatoms. The van der Waals surface area contributed by atoms with Crippen LogP contribution in [0.2, 0.25) is 0 Å². The zero-order valence-electron chi connectivity index (χ0n) is 14.5. The summed E-state index contributed by atoms with van der Waals surface area (Å²) in [6.07, 6.45) is 9.32. The third-order valence-corrected chi connectivity index (χ3v) is 5.57. The molecule has 1 aliphatic heterocycles. The van der Waals surface area contributed by atoms with Gasteiger partial charge in [0.1, 0.15) is 12.4 Å². The van der Waals surface area contributed by atoms with Crippen molar-refractivity contribution < 1.29 is 9.90 Å². The molecular formula is C17H24N6O2. The Balaban J connectivity index is 1.47. The van der Waals surface area contributed by atoms with Crippen LogP contribution in [0.1, 0.15) is 43.3 Å². The van der Waals surface area contributed by atoms with Crippen LogP contribution in [-0.4, -0.2) is 53.3 Å². The van der Waals surface area contributed by atoms with E-state index in [4.69, 9.17) is 0 Å². The fourth-order valence-electron chi connectivity index (χ4n) is 3.90. The standard InChI is InChI=1S/C17H24N6O2/c1-21-14(10-24)19-20-15(21)13-3-2-7-23(9-13)16(25)17(4-5-17)11-22-8-6-18-12-22/h6,8,12-13,24H,2-5,7,9-11H2,1H3/t13-/m0/s1. The van der Waals surface area contributed by atoms with Gasteiger partial charge in [-0.15, -0.1) is 10.2 Å². The lowest BCUT2D eigenvalue weighted by atomic mass is 9.95. The third kappa shape index (κ3) is 2.95. The molecule has 134 valence electrons. The van der Waals surface area contributed by atoms with Gasteiger partial charge in [0, 0.05) is 45.0 Å². The van der Waals surface area contributed by atoms with Crippen molar-refractivity contribution in [3.05, 3.63) is 30.4 Å². The van der Waals surface area contributed by atoms with Crippen LogP contribution in [0.25, 0.3) is 0 Å². The van der Waals surface area contributed by atoms with E-state index in [0.717, 1.165) is 38.1 Å². The first-order valence-electron chi connectivity index (χ1n) is 8.87. The summed E-state index contributed by atoms with van der Waals surface area (Å²) in [7, 11) is 1.88. The van der Waals surface area contributed by atoms with E-state index in [-0.39, 0.29) is 23.8 Å². The highest BCUT2D eigenvalue weighted by Gasteiger charge is 2.52. The van der Waals surface area contributed by atoms with E-state index in [1.54, 1.807) is 12.5 Å². The Hall–Kier alpha value is -2.22. The average molecular weight is 344 g/mol. The topological polar surface area (TPSA) is 89.1 Å². The molecular weight excluding hydrogens is 320 g/mol. The van der Waals surface area contributed by atoms with Crippen molar-refractivity contribution >= 4 is 5.91 Å². The third-order valence-electron chi connectivity index (χ3n) is 5.57. The molecule has 0 aromatic carbocycles. The molecule has 2 aliphatic rings. The minimum Gasteiger partial charge on any atom is -0.388 e. The molecule has 0 radical (unpaired) electrons. The van der Waals surface area contributed by atoms with Gasteiger partial charge in [0.05, 0.1) is 11.7 Å². The van der Waals surface area contributed by atoms with Crippen molar-refractivity contribution in [3.63, 3.8) is 0 Å². The molecule has 1 atom stereocenters. The number of amides is 1. The Morgan fingerprint density at radius 2 is 2.24 bits per heavy atom. The highest BCUT2D eigenvalue weighted by atomic mass is 16.3. The molecule has 25 heavy (non-hydrogen) atoms. The van der Waals surface area contributed by atoms with E-state index in [2.05, 4.69) is 15.2 Å². The first-order chi connectivity index (χ1) is 12.1. The van der Waals surface area contributed by atoms with Gasteiger partial charge in [-0.3, -0.25) is 4.79 Å². The number of aliphatic hydroxyl groups excluding tert-OH is 1. The van der Waals surface area contributed by atoms with Crippen LogP contribution >= 0.6 is 0 Å². The van der Waals surface area contributed by atoms with Gasteiger partial charge >= 0.3 is 0 Å². The fourth-order valence-corrected chi connectivity index (χ4v) is 3.90. The molecule has 8 nitrogen and oxygen atoms in total. The maximum Gasteiger partial charge on any atom is 0.230 e. The number of aromatic nitrogens is 5. The van der Waals surface area contributed by atoms with Gasteiger partial charge in [-0.1, -0.05) is 0 Å². The van der Waals surface area contributed by atoms with Gasteiger partial charge in [-0.05, 0) is 25.7 Å². The van der Waals surface area contributed by atoms with Crippen LogP contribution in [0, 0.1) is 5.41 Å². The predicted molar refractivity (Wildman–Crippen MR) is 89.4 cm³/mol. The number of piperidine rings is 1. The van der Waals surface area contributed by atoms with Gasteiger partial charge in [-0.2, -0.15) is 0 Å². The fraction of sp³-hybridized carbons (Fsp3) is 0.647. The second-order valence-electron chi connectivity index (χ2n) is 7.30. The molecule has 2 fully saturated rings. The number of hydrogen-bond donors (Lipinski definition) is 1. The maximum atomic E-state index is 13.1. The van der Waals surface area contributed by atoms with Crippen LogP contribution in [0.5, 0.6) is 0 Å². The number of nitrogens with zero attached hydrogens (tertiary/aromatic N) is 6. The van der Waals surface area contributed by atoms with Crippen molar-refractivity contribution in [2.75, 3.05) is 13.1 Å². The quantitative estimate of drug-likeness (QED) is 0.862. The summed E-state index contributed by atoms with van der Waals surface area (Å²) in [5.74, 6) is 1.87. The molecule has 1 saturated carbocycles. The number of carbonyl (C=O) groups is 1. The summed E-state index contributed by atoms with van der Waals surface area (Å²) in [6.45, 7) is 2.09. The van der Waals surface area contributed by atoms with Gasteiger partial charge in [-0.25, -0.2) is 4.98 Å². The maximum absolute atomic E-state index is 13.1. The summed E-state index contributed by atoms with van der Waals surface area (Å²) < 4.78 is 3.86. The van der Waals surface area contributed by atoms with Crippen molar-refractivity contribution in [1.82, 2.24) is 29.2 Å². The number of hydrogen-bond acceptors (Lipinski definition) is 5. The minimum absolute atomic E-state index is 0.118. The van der Waals surface area contributed by atoms with Gasteiger partial charge in [0.25, 0.3) is 0 Å². The van der Waals surface area contributed by atoms with E-state index >= 15 is 0 Å². The van der Waals surface area contributed by atoms with E-state index in [9.17, 15) is 9.90 Å². The second kappa shape index (κ2) is 6.25. The molecule has 1 aliphatic carbocycles. The van der Waals surface area contributed by atoms with E-state index in [1.165, 1.54) is 0 Å². The Labute approximate surface area is 146 Å². The van der Waals surface area contributed by atoms with Crippen molar-refractivity contribution in [1.29, 1.82) is 0 Å². The first kappa shape index (κ1) is 16.3. The molecule has 4 rings (SSSR count). The van der Waals surface area contributed by atoms with Crippen LogP contribution < -0.4 is 0 Å². The van der Waals surface area contributed by atoms with Gasteiger partial charge in [0.2, 0.25) is 5.91 Å². The smallest absolute Gasteiger partial charge is 0.230 e. The summed E-state index contributed by atoms with van der Waals surface area (Å²) in [5.41, 5.74) is -0.251. The van der Waals surface area contributed by atoms with Crippen LogP contribution in [-0.2, 0) is 25.0 Å². The highest BCUT2D eigenvalue weighted by molar-refractivity contribution is 5.85. The largest absolute Gasteiger partial charge is 0.388 e. The number of aliphatic hydroxyl groups is 1. The summed E-state index contributed by atoms with van der Waals surface area (Å²) in [6, 6.07) is 0. The molecule has 3 heterocycles. The lowest BCUT2D eigenvalue weighted by Crippen LogP contribution is -2.44. The Morgan fingerprint density at radius 3 is 2.88 bits per heavy atom. The Kier molecular flexibility index (Phi) is 4.07. The molecule has 1 saturated heterocycles. The van der Waals surface area contributed by atoms with Crippen molar-refractivity contribution in [2.24, 2.45) is 12.5 Å². The Bertz CT molecular complexity index is 749. The summed E-state index contributed by atoms with van der Waals surface area (Å²) in [5, 5.41) is 17.6. The first-order valence-corrected chi connectivity index (χ1v) is 8.87. The average Bonchev–Trinajstić information content (AvgIpc) is 3.04. The SMILES string of the molecule is Cn1c(CO)nnc1[C@H]1CCCN(C(=O)C2(Cn3ccnc3)CC2)C1. The zero-order chi connectivity index (χ0) is 17.4. The number of rotatable bonds is 5. The zero-order valence-corrected chi connectivity index (χ0v) is 14.5. The van der Waals surface area contributed by atoms with Crippen LogP contribution in [0.4, 0.5) is 0 Å². The van der Waals surface area contributed by atoms with E-state index in [1.807, 2.05) is 27.3 Å². The lowest BCUT2D eigenvalue weighted by molar-refractivity contribution is -0.138. The molecule has 2 aromatic heterocycles. The number of carbonyl (C=O) groups excluding carboxylic acids is 1. The van der Waals surface area contributed by atoms with Crippen molar-refractivity contribution in [3.8, 4) is 0 Å². The molecule has 0 unspecified atom stereocenters. The highest BCUT2D eigenvalue weighted by Crippen LogP contribution is 2.49. The summed E-state index contributed by atoms with van der Waals surface area (Å²) in [4.78, 5) is 19.2. The lowest BCUT2D eigenvalue weighted by Gasteiger charge is -2.34. The predicted octanol–water partition coefficient (Wildman–Crippen LogP) is 0.690. The molecule has 1 N–H and O–H groups in total. The monoisotopic (exact) mass is 344 g/mol. The van der Waals surface area contributed by atoms with Gasteiger partial charge < -0.3 is 19.1 Å². The minimum atomic E-state index is -0.251. The van der Waals surface area contributed by atoms with Gasteiger partial charge in [0.15, 0.2) is 5.82 Å². The number of imidazole rings is 1. The van der Waals surface area contributed by atoms with Crippen molar-refractivity contribution in [2.45, 2.75) is 44.8 Å². The normalized spacial score (nSPS) is 22.2. The number of likely N-dealkylation sites (tertiary alicyclic amines) is 1. The molecule has 0 bridgehead atoms. The molecule has 1 amide bonds. The second-order valence-corrected chi connectivity index (χ2v) is 7.30. The molecule has 2 aromatic rings. The van der Waals surface area contributed by atoms with E-state index < -0.39 is 0 Å².